The van der Waals surface area contributed by atoms with Crippen LogP contribution in [0.15, 0.2) is 29.5 Å². The molecule has 0 aliphatic carbocycles. The van der Waals surface area contributed by atoms with Crippen molar-refractivity contribution in [1.82, 2.24) is 20.9 Å². The number of halogens is 3. The number of hydrogen-bond donors (Lipinski definition) is 3. The van der Waals surface area contributed by atoms with Gasteiger partial charge in [-0.3, -0.25) is 19.8 Å². The van der Waals surface area contributed by atoms with Crippen molar-refractivity contribution in [3.05, 3.63) is 24.6 Å². The topological polar surface area (TPSA) is 95.1 Å². The summed E-state index contributed by atoms with van der Waals surface area (Å²) < 4.78 is 3.19. The summed E-state index contributed by atoms with van der Waals surface area (Å²) in [7, 11) is 0. The monoisotopic (exact) mass is 421 g/mol. The second-order valence-corrected chi connectivity index (χ2v) is 8.44. The molecular formula is C15H18Cl3N5O3. The van der Waals surface area contributed by atoms with Crippen LogP contribution in [0.1, 0.15) is 20.3 Å². The molecule has 3 aliphatic heterocycles. The van der Waals surface area contributed by atoms with Gasteiger partial charge in [0.05, 0.1) is 17.9 Å². The van der Waals surface area contributed by atoms with Crippen molar-refractivity contribution < 1.29 is 14.3 Å². The molecule has 3 heterocycles. The number of amides is 1. The van der Waals surface area contributed by atoms with Crippen LogP contribution in [-0.4, -0.2) is 50.5 Å². The van der Waals surface area contributed by atoms with E-state index in [1.54, 1.807) is 11.0 Å². The van der Waals surface area contributed by atoms with Crippen LogP contribution in [0.3, 0.4) is 0 Å². The van der Waals surface area contributed by atoms with Crippen molar-refractivity contribution in [3.63, 3.8) is 0 Å². The first-order valence-electron chi connectivity index (χ1n) is 7.94. The van der Waals surface area contributed by atoms with Crippen molar-refractivity contribution in [2.45, 2.75) is 48.0 Å². The summed E-state index contributed by atoms with van der Waals surface area (Å²) in [6.07, 6.45) is 3.45. The lowest BCUT2D eigenvalue weighted by Crippen LogP contribution is -2.71. The Balaban J connectivity index is 2.03. The number of alkyl halides is 3. The fourth-order valence-electron chi connectivity index (χ4n) is 3.45. The Kier molecular flexibility index (Phi) is 4.79. The molecule has 0 radical (unpaired) electrons. The molecule has 0 aromatic carbocycles. The molecule has 11 heteroatoms. The Morgan fingerprint density at radius 3 is 2.77 bits per heavy atom. The number of nitrogens with zero attached hydrogens (tertiary/aromatic N) is 2. The van der Waals surface area contributed by atoms with Gasteiger partial charge < -0.3 is 15.4 Å². The highest BCUT2D eigenvalue weighted by molar-refractivity contribution is 6.76. The molecule has 1 spiro atoms. The molecule has 3 N–H and O–H groups in total. The Morgan fingerprint density at radius 2 is 2.19 bits per heavy atom. The van der Waals surface area contributed by atoms with E-state index in [9.17, 15) is 9.59 Å². The zero-order chi connectivity index (χ0) is 19.3. The number of rotatable bonds is 2. The highest BCUT2D eigenvalue weighted by Crippen LogP contribution is 2.39. The van der Waals surface area contributed by atoms with Crippen LogP contribution in [0.25, 0.3) is 0 Å². The number of guanidine groups is 1. The number of carbonyl (C=O) groups is 2. The van der Waals surface area contributed by atoms with E-state index in [-0.39, 0.29) is 18.0 Å². The molecule has 3 rings (SSSR count). The van der Waals surface area contributed by atoms with Gasteiger partial charge in [0.15, 0.2) is 11.9 Å². The molecule has 8 nitrogen and oxygen atoms in total. The van der Waals surface area contributed by atoms with E-state index in [0.717, 1.165) is 0 Å². The van der Waals surface area contributed by atoms with E-state index in [2.05, 4.69) is 27.5 Å². The van der Waals surface area contributed by atoms with Gasteiger partial charge in [-0.05, 0) is 18.6 Å². The van der Waals surface area contributed by atoms with E-state index in [1.807, 2.05) is 13.0 Å². The fourth-order valence-corrected chi connectivity index (χ4v) is 3.59. The number of aliphatic imine (C=N–C) groups is 1. The quantitative estimate of drug-likeness (QED) is 0.351. The largest absolute Gasteiger partial charge is 0.438 e. The molecule has 1 saturated heterocycles. The molecule has 142 valence electrons. The van der Waals surface area contributed by atoms with Gasteiger partial charge in [-0.25, -0.2) is 4.99 Å². The van der Waals surface area contributed by atoms with Gasteiger partial charge in [-0.2, -0.15) is 0 Å². The molecule has 1 amide bonds. The molecule has 2 unspecified atom stereocenters. The molecule has 0 saturated carbocycles. The van der Waals surface area contributed by atoms with Crippen molar-refractivity contribution in [2.75, 3.05) is 0 Å². The molecule has 0 bridgehead atoms. The van der Waals surface area contributed by atoms with Gasteiger partial charge in [0.25, 0.3) is 9.70 Å². The maximum atomic E-state index is 12.2. The van der Waals surface area contributed by atoms with Gasteiger partial charge in [0.2, 0.25) is 5.96 Å². The van der Waals surface area contributed by atoms with Gasteiger partial charge >= 0.3 is 5.97 Å². The van der Waals surface area contributed by atoms with E-state index < -0.39 is 27.6 Å². The van der Waals surface area contributed by atoms with Crippen LogP contribution in [0.4, 0.5) is 0 Å². The third-order valence-electron chi connectivity index (χ3n) is 4.41. The molecule has 4 atom stereocenters. The van der Waals surface area contributed by atoms with Crippen molar-refractivity contribution >= 4 is 52.6 Å². The normalized spacial score (nSPS) is 32.2. The Bertz CT molecular complexity index is 720. The molecule has 3 aliphatic rings. The van der Waals surface area contributed by atoms with Crippen LogP contribution in [0.2, 0.25) is 0 Å². The average molecular weight is 423 g/mol. The summed E-state index contributed by atoms with van der Waals surface area (Å²) in [5, 5.41) is 9.04. The van der Waals surface area contributed by atoms with Crippen molar-refractivity contribution in [3.8, 4) is 0 Å². The lowest BCUT2D eigenvalue weighted by atomic mass is 9.91. The van der Waals surface area contributed by atoms with Crippen LogP contribution >= 0.6 is 34.8 Å². The number of esters is 1. The van der Waals surface area contributed by atoms with E-state index in [4.69, 9.17) is 39.5 Å². The van der Waals surface area contributed by atoms with Gasteiger partial charge in [-0.15, -0.1) is 0 Å². The van der Waals surface area contributed by atoms with Crippen molar-refractivity contribution in [2.24, 2.45) is 4.99 Å². The zero-order valence-electron chi connectivity index (χ0n) is 14.1. The third kappa shape index (κ3) is 3.10. The first-order chi connectivity index (χ1) is 12.1. The fraction of sp³-hybridized carbons (Fsp3) is 0.533. The summed E-state index contributed by atoms with van der Waals surface area (Å²) in [6.45, 7) is 7.19. The highest BCUT2D eigenvalue weighted by atomic mass is 35.6. The summed E-state index contributed by atoms with van der Waals surface area (Å²) in [5.74, 6) is -0.605. The lowest BCUT2D eigenvalue weighted by Gasteiger charge is -2.47. The van der Waals surface area contributed by atoms with E-state index in [0.29, 0.717) is 12.2 Å². The first kappa shape index (κ1) is 19.1. The number of ether oxygens (including phenoxy) is 1. The average Bonchev–Trinajstić information content (AvgIpc) is 3.04. The SMILES string of the molecule is C=C1N[C@H]2[C@H](CC)N=C(NC(=O)C(Cl)(Cl)Cl)N3C(OC(C)=O)C=CC23N1. The second-order valence-electron chi connectivity index (χ2n) is 6.16. The molecule has 26 heavy (non-hydrogen) atoms. The summed E-state index contributed by atoms with van der Waals surface area (Å²) in [6, 6.07) is -0.394. The molecule has 0 aromatic heterocycles. The second kappa shape index (κ2) is 6.51. The van der Waals surface area contributed by atoms with E-state index in [1.165, 1.54) is 6.92 Å². The summed E-state index contributed by atoms with van der Waals surface area (Å²) >= 11 is 17.0. The van der Waals surface area contributed by atoms with Gasteiger partial charge in [-0.1, -0.05) is 48.3 Å². The number of nitrogens with one attached hydrogen (secondary N) is 3. The first-order valence-corrected chi connectivity index (χ1v) is 9.07. The molecule has 0 aromatic rings. The minimum Gasteiger partial charge on any atom is -0.438 e. The zero-order valence-corrected chi connectivity index (χ0v) is 16.3. The summed E-state index contributed by atoms with van der Waals surface area (Å²) in [4.78, 5) is 29.9. The number of hydrogen-bond acceptors (Lipinski definition) is 7. The Labute approximate surface area is 165 Å². The summed E-state index contributed by atoms with van der Waals surface area (Å²) in [5.41, 5.74) is -0.824. The lowest BCUT2D eigenvalue weighted by molar-refractivity contribution is -0.151. The third-order valence-corrected chi connectivity index (χ3v) is 4.93. The van der Waals surface area contributed by atoms with Crippen LogP contribution in [0.5, 0.6) is 0 Å². The van der Waals surface area contributed by atoms with Crippen LogP contribution in [0, 0.1) is 0 Å². The van der Waals surface area contributed by atoms with Crippen LogP contribution < -0.4 is 16.0 Å². The Hall–Kier alpha value is -1.64. The Morgan fingerprint density at radius 1 is 1.50 bits per heavy atom. The van der Waals surface area contributed by atoms with E-state index >= 15 is 0 Å². The predicted molar refractivity (Wildman–Crippen MR) is 98.4 cm³/mol. The highest BCUT2D eigenvalue weighted by Gasteiger charge is 2.59. The van der Waals surface area contributed by atoms with Crippen molar-refractivity contribution in [1.29, 1.82) is 0 Å². The smallest absolute Gasteiger partial charge is 0.304 e. The maximum Gasteiger partial charge on any atom is 0.304 e. The van der Waals surface area contributed by atoms with Gasteiger partial charge in [0.1, 0.15) is 0 Å². The predicted octanol–water partition coefficient (Wildman–Crippen LogP) is 1.11. The number of carbonyl (C=O) groups excluding carboxylic acids is 2. The maximum absolute atomic E-state index is 12.2. The van der Waals surface area contributed by atoms with Crippen LogP contribution in [-0.2, 0) is 14.3 Å². The molecule has 1 fully saturated rings. The minimum absolute atomic E-state index is 0.143. The van der Waals surface area contributed by atoms with Gasteiger partial charge in [0, 0.05) is 6.92 Å². The standard InChI is InChI=1S/C15H18Cl3N5O3/c1-4-9-11-14(22-7(2)19-11)6-5-10(26-8(3)24)23(14)13(20-9)21-12(25)15(16,17)18/h5-6,9-11,19,22H,2,4H2,1,3H3,(H,20,21,25)/t9-,10?,11-,14?/m0/s1. The molecular weight excluding hydrogens is 405 g/mol. The minimum atomic E-state index is -2.16.